The summed E-state index contributed by atoms with van der Waals surface area (Å²) in [6, 6.07) is 8.97. The predicted octanol–water partition coefficient (Wildman–Crippen LogP) is 5.59. The van der Waals surface area contributed by atoms with Gasteiger partial charge in [0.1, 0.15) is 6.54 Å². The summed E-state index contributed by atoms with van der Waals surface area (Å²) in [4.78, 5) is 24.6. The smallest absolute Gasteiger partial charge is 0.323 e. The SMILES string of the molecule is O=C(O)Cn1c2cc(C3CCCCC3)ccc2c(=O)c2ccc(Cl)c(Cl)c21. The molecule has 1 fully saturated rings. The Kier molecular flexibility index (Phi) is 4.87. The summed E-state index contributed by atoms with van der Waals surface area (Å²) in [5.74, 6) is -0.553. The molecule has 1 aliphatic rings. The van der Waals surface area contributed by atoms with Crippen LogP contribution in [0.5, 0.6) is 0 Å². The maximum absolute atomic E-state index is 13.0. The standard InChI is InChI=1S/C21H19Cl2NO3/c22-16-9-8-15-20(19(16)23)24(11-18(25)26)17-10-13(6-7-14(17)21(15)27)12-4-2-1-3-5-12/h6-10,12H,1-5,11H2,(H,25,26). The van der Waals surface area contributed by atoms with E-state index in [2.05, 4.69) is 0 Å². The van der Waals surface area contributed by atoms with E-state index in [0.717, 1.165) is 18.4 Å². The Labute approximate surface area is 166 Å². The van der Waals surface area contributed by atoms with Crippen molar-refractivity contribution in [1.82, 2.24) is 4.57 Å². The average molecular weight is 404 g/mol. The Morgan fingerprint density at radius 1 is 1.07 bits per heavy atom. The quantitative estimate of drug-likeness (QED) is 0.579. The van der Waals surface area contributed by atoms with Crippen LogP contribution in [-0.4, -0.2) is 15.6 Å². The third kappa shape index (κ3) is 3.21. The topological polar surface area (TPSA) is 59.3 Å². The number of halogens is 2. The number of pyridine rings is 1. The minimum absolute atomic E-state index is 0.157. The summed E-state index contributed by atoms with van der Waals surface area (Å²) in [6.45, 7) is -0.290. The number of aliphatic carboxylic acids is 1. The molecule has 0 unspecified atom stereocenters. The number of benzene rings is 2. The van der Waals surface area contributed by atoms with Crippen molar-refractivity contribution in [3.63, 3.8) is 0 Å². The molecule has 1 saturated carbocycles. The lowest BCUT2D eigenvalue weighted by Gasteiger charge is -2.23. The number of nitrogens with zero attached hydrogens (tertiary/aromatic N) is 1. The van der Waals surface area contributed by atoms with Gasteiger partial charge in [-0.15, -0.1) is 0 Å². The first-order valence-electron chi connectivity index (χ1n) is 9.13. The summed E-state index contributed by atoms with van der Waals surface area (Å²) in [5.41, 5.74) is 1.97. The van der Waals surface area contributed by atoms with Gasteiger partial charge in [-0.25, -0.2) is 0 Å². The fourth-order valence-electron chi connectivity index (χ4n) is 4.21. The molecule has 0 bridgehead atoms. The number of carboxylic acid groups (broad SMARTS) is 1. The highest BCUT2D eigenvalue weighted by atomic mass is 35.5. The molecule has 27 heavy (non-hydrogen) atoms. The fraction of sp³-hybridized carbons (Fsp3) is 0.333. The number of carbonyl (C=O) groups is 1. The van der Waals surface area contributed by atoms with E-state index in [9.17, 15) is 14.7 Å². The minimum atomic E-state index is -1.000. The normalized spacial score (nSPS) is 15.5. The zero-order valence-corrected chi connectivity index (χ0v) is 16.2. The van der Waals surface area contributed by atoms with Crippen LogP contribution in [0.25, 0.3) is 21.8 Å². The molecule has 0 spiro atoms. The molecule has 6 heteroatoms. The molecular weight excluding hydrogens is 385 g/mol. The van der Waals surface area contributed by atoms with Crippen molar-refractivity contribution >= 4 is 51.0 Å². The Hall–Kier alpha value is -2.04. The monoisotopic (exact) mass is 403 g/mol. The van der Waals surface area contributed by atoms with Crippen molar-refractivity contribution in [2.24, 2.45) is 0 Å². The van der Waals surface area contributed by atoms with Crippen molar-refractivity contribution < 1.29 is 9.90 Å². The molecule has 0 radical (unpaired) electrons. The van der Waals surface area contributed by atoms with Gasteiger partial charge < -0.3 is 9.67 Å². The number of fused-ring (bicyclic) bond motifs is 2. The first kappa shape index (κ1) is 18.3. The van der Waals surface area contributed by atoms with Crippen LogP contribution in [-0.2, 0) is 11.3 Å². The van der Waals surface area contributed by atoms with E-state index in [4.69, 9.17) is 23.2 Å². The highest BCUT2D eigenvalue weighted by Gasteiger charge is 2.20. The highest BCUT2D eigenvalue weighted by molar-refractivity contribution is 6.45. The largest absolute Gasteiger partial charge is 0.480 e. The van der Waals surface area contributed by atoms with Gasteiger partial charge >= 0.3 is 5.97 Å². The summed E-state index contributed by atoms with van der Waals surface area (Å²) >= 11 is 12.5. The van der Waals surface area contributed by atoms with Gasteiger partial charge in [0, 0.05) is 10.8 Å². The van der Waals surface area contributed by atoms with Crippen LogP contribution >= 0.6 is 23.2 Å². The third-order valence-electron chi connectivity index (χ3n) is 5.51. The molecule has 4 nitrogen and oxygen atoms in total. The molecule has 0 amide bonds. The number of hydrogen-bond acceptors (Lipinski definition) is 2. The van der Waals surface area contributed by atoms with Crippen LogP contribution in [0.2, 0.25) is 10.0 Å². The van der Waals surface area contributed by atoms with Gasteiger partial charge in [-0.2, -0.15) is 0 Å². The van der Waals surface area contributed by atoms with Crippen LogP contribution in [0.3, 0.4) is 0 Å². The maximum atomic E-state index is 13.0. The molecule has 4 rings (SSSR count). The van der Waals surface area contributed by atoms with Crippen LogP contribution < -0.4 is 5.43 Å². The van der Waals surface area contributed by atoms with Crippen molar-refractivity contribution in [2.75, 3.05) is 0 Å². The molecule has 2 aromatic carbocycles. The molecule has 0 aliphatic heterocycles. The van der Waals surface area contributed by atoms with E-state index in [1.807, 2.05) is 18.2 Å². The van der Waals surface area contributed by atoms with Crippen LogP contribution in [0, 0.1) is 0 Å². The maximum Gasteiger partial charge on any atom is 0.323 e. The van der Waals surface area contributed by atoms with Gasteiger partial charge in [0.2, 0.25) is 0 Å². The summed E-state index contributed by atoms with van der Waals surface area (Å²) in [6.07, 6.45) is 5.89. The van der Waals surface area contributed by atoms with Crippen molar-refractivity contribution in [3.05, 3.63) is 56.2 Å². The Bertz CT molecular complexity index is 1110. The van der Waals surface area contributed by atoms with Gasteiger partial charge in [0.15, 0.2) is 5.43 Å². The fourth-order valence-corrected chi connectivity index (χ4v) is 4.63. The highest BCUT2D eigenvalue weighted by Crippen LogP contribution is 2.36. The van der Waals surface area contributed by atoms with E-state index < -0.39 is 5.97 Å². The number of carboxylic acids is 1. The predicted molar refractivity (Wildman–Crippen MR) is 109 cm³/mol. The Morgan fingerprint density at radius 3 is 2.48 bits per heavy atom. The van der Waals surface area contributed by atoms with Crippen LogP contribution in [0.15, 0.2) is 35.1 Å². The van der Waals surface area contributed by atoms with E-state index >= 15 is 0 Å². The average Bonchev–Trinajstić information content (AvgIpc) is 2.67. The molecule has 0 saturated heterocycles. The van der Waals surface area contributed by atoms with Crippen LogP contribution in [0.4, 0.5) is 0 Å². The molecule has 0 atom stereocenters. The van der Waals surface area contributed by atoms with Crippen LogP contribution in [0.1, 0.15) is 43.6 Å². The lowest BCUT2D eigenvalue weighted by atomic mass is 9.84. The Balaban J connectivity index is 2.07. The lowest BCUT2D eigenvalue weighted by molar-refractivity contribution is -0.137. The molecule has 1 aliphatic carbocycles. The van der Waals surface area contributed by atoms with Gasteiger partial charge in [0.05, 0.1) is 21.1 Å². The third-order valence-corrected chi connectivity index (χ3v) is 6.31. The summed E-state index contributed by atoms with van der Waals surface area (Å²) in [5, 5.41) is 10.8. The zero-order valence-electron chi connectivity index (χ0n) is 14.7. The number of rotatable bonds is 3. The number of hydrogen-bond donors (Lipinski definition) is 1. The van der Waals surface area contributed by atoms with Crippen molar-refractivity contribution in [3.8, 4) is 0 Å². The van der Waals surface area contributed by atoms with E-state index in [1.54, 1.807) is 16.7 Å². The number of aromatic nitrogens is 1. The van der Waals surface area contributed by atoms with E-state index in [1.165, 1.54) is 19.3 Å². The first-order valence-corrected chi connectivity index (χ1v) is 9.89. The second kappa shape index (κ2) is 7.17. The van der Waals surface area contributed by atoms with Gasteiger partial charge in [-0.05, 0) is 48.6 Å². The van der Waals surface area contributed by atoms with E-state index in [0.29, 0.717) is 32.7 Å². The summed E-state index contributed by atoms with van der Waals surface area (Å²) in [7, 11) is 0. The van der Waals surface area contributed by atoms with Crippen molar-refractivity contribution in [1.29, 1.82) is 0 Å². The van der Waals surface area contributed by atoms with Gasteiger partial charge in [0.25, 0.3) is 0 Å². The molecular formula is C21H19Cl2NO3. The van der Waals surface area contributed by atoms with Gasteiger partial charge in [-0.1, -0.05) is 48.5 Å². The molecule has 140 valence electrons. The lowest BCUT2D eigenvalue weighted by Crippen LogP contribution is -2.17. The minimum Gasteiger partial charge on any atom is -0.480 e. The zero-order chi connectivity index (χ0) is 19.1. The second-order valence-electron chi connectivity index (χ2n) is 7.18. The molecule has 1 heterocycles. The van der Waals surface area contributed by atoms with E-state index in [-0.39, 0.29) is 17.0 Å². The molecule has 1 N–H and O–H groups in total. The molecule has 3 aromatic rings. The second-order valence-corrected chi connectivity index (χ2v) is 7.96. The summed E-state index contributed by atoms with van der Waals surface area (Å²) < 4.78 is 1.61. The first-order chi connectivity index (χ1) is 13.0. The van der Waals surface area contributed by atoms with Gasteiger partial charge in [-0.3, -0.25) is 9.59 Å². The molecule has 1 aromatic heterocycles. The van der Waals surface area contributed by atoms with Crippen molar-refractivity contribution in [2.45, 2.75) is 44.6 Å². The Morgan fingerprint density at radius 2 is 1.78 bits per heavy atom.